The summed E-state index contributed by atoms with van der Waals surface area (Å²) in [5, 5.41) is 0. The summed E-state index contributed by atoms with van der Waals surface area (Å²) >= 11 is 0. The van der Waals surface area contributed by atoms with Crippen LogP contribution in [0.2, 0.25) is 0 Å². The molecule has 0 spiro atoms. The average molecular weight is 238 g/mol. The smallest absolute Gasteiger partial charge is 0.242 e. The lowest BCUT2D eigenvalue weighted by Crippen LogP contribution is -2.31. The van der Waals surface area contributed by atoms with E-state index in [2.05, 4.69) is 0 Å². The normalized spacial score (nSPS) is 28.0. The number of para-hydroxylation sites is 1. The first-order valence-corrected chi connectivity index (χ1v) is 5.86. The fraction of sp³-hybridized carbons (Fsp3) is 0.133. The van der Waals surface area contributed by atoms with Crippen LogP contribution in [0.15, 0.2) is 54.6 Å². The van der Waals surface area contributed by atoms with Crippen molar-refractivity contribution in [1.29, 1.82) is 0 Å². The minimum Gasteiger partial charge on any atom is -0.460 e. The maximum atomic E-state index is 12.6. The van der Waals surface area contributed by atoms with E-state index < -0.39 is 11.9 Å². The van der Waals surface area contributed by atoms with Crippen molar-refractivity contribution in [2.45, 2.75) is 11.9 Å². The third-order valence-electron chi connectivity index (χ3n) is 3.47. The molecule has 0 amide bonds. The van der Waals surface area contributed by atoms with Gasteiger partial charge in [-0.2, -0.15) is 0 Å². The average Bonchev–Trinajstić information content (AvgIpc) is 3.16. The molecule has 3 nitrogen and oxygen atoms in total. The van der Waals surface area contributed by atoms with Crippen LogP contribution in [0.25, 0.3) is 0 Å². The first kappa shape index (κ1) is 9.85. The molecule has 0 bridgehead atoms. The van der Waals surface area contributed by atoms with Crippen LogP contribution in [0.3, 0.4) is 0 Å². The van der Waals surface area contributed by atoms with Gasteiger partial charge in [0, 0.05) is 0 Å². The summed E-state index contributed by atoms with van der Waals surface area (Å²) in [6.07, 6.45) is -0.484. The fourth-order valence-electron chi connectivity index (χ4n) is 2.50. The van der Waals surface area contributed by atoms with E-state index in [1.807, 2.05) is 42.5 Å². The number of epoxide rings is 1. The number of hydrogen-bond donors (Lipinski definition) is 0. The van der Waals surface area contributed by atoms with E-state index in [1.54, 1.807) is 12.1 Å². The van der Waals surface area contributed by atoms with Gasteiger partial charge in [0.1, 0.15) is 5.75 Å². The Morgan fingerprint density at radius 1 is 0.944 bits per heavy atom. The first-order valence-electron chi connectivity index (χ1n) is 5.86. The van der Waals surface area contributed by atoms with E-state index in [4.69, 9.17) is 9.47 Å². The predicted molar refractivity (Wildman–Crippen MR) is 64.4 cm³/mol. The summed E-state index contributed by atoms with van der Waals surface area (Å²) in [7, 11) is 0. The van der Waals surface area contributed by atoms with Crippen LogP contribution in [0.1, 0.15) is 15.9 Å². The zero-order valence-corrected chi connectivity index (χ0v) is 9.50. The standard InChI is InChI=1S/C15H10O3/c16-13-11-8-4-5-9-12(11)17-14-15(13,18-14)10-6-2-1-3-7-10/h1-9,14H. The van der Waals surface area contributed by atoms with Crippen LogP contribution < -0.4 is 4.74 Å². The molecule has 0 saturated carbocycles. The van der Waals surface area contributed by atoms with Crippen molar-refractivity contribution >= 4 is 5.78 Å². The Bertz CT molecular complexity index is 635. The zero-order chi connectivity index (χ0) is 12.2. The van der Waals surface area contributed by atoms with Crippen LogP contribution in [-0.2, 0) is 10.3 Å². The molecular formula is C15H10O3. The van der Waals surface area contributed by atoms with E-state index in [0.29, 0.717) is 11.3 Å². The van der Waals surface area contributed by atoms with Gasteiger partial charge in [0.15, 0.2) is 0 Å². The molecule has 2 aliphatic rings. The molecule has 0 N–H and O–H groups in total. The number of hydrogen-bond acceptors (Lipinski definition) is 3. The number of rotatable bonds is 1. The second-order valence-electron chi connectivity index (χ2n) is 4.49. The predicted octanol–water partition coefficient (Wildman–Crippen LogP) is 2.51. The molecule has 2 unspecified atom stereocenters. The Morgan fingerprint density at radius 3 is 2.50 bits per heavy atom. The van der Waals surface area contributed by atoms with Crippen molar-refractivity contribution in [2.75, 3.05) is 0 Å². The Morgan fingerprint density at radius 2 is 1.67 bits per heavy atom. The summed E-state index contributed by atoms with van der Waals surface area (Å²) in [5.41, 5.74) is 0.528. The van der Waals surface area contributed by atoms with Crippen LogP contribution in [0.5, 0.6) is 5.75 Å². The third kappa shape index (κ3) is 1.09. The molecule has 4 rings (SSSR count). The van der Waals surface area contributed by atoms with Gasteiger partial charge in [-0.1, -0.05) is 42.5 Å². The van der Waals surface area contributed by atoms with Gasteiger partial charge in [0.05, 0.1) is 5.56 Å². The lowest BCUT2D eigenvalue weighted by molar-refractivity contribution is 0.0863. The molecule has 2 atom stereocenters. The Kier molecular flexibility index (Phi) is 1.76. The van der Waals surface area contributed by atoms with Crippen molar-refractivity contribution in [1.82, 2.24) is 0 Å². The molecule has 1 saturated heterocycles. The van der Waals surface area contributed by atoms with Crippen LogP contribution >= 0.6 is 0 Å². The molecule has 2 aromatic rings. The van der Waals surface area contributed by atoms with Gasteiger partial charge in [-0.15, -0.1) is 0 Å². The summed E-state index contributed by atoms with van der Waals surface area (Å²) in [5.74, 6) is 0.595. The van der Waals surface area contributed by atoms with Crippen LogP contribution in [0.4, 0.5) is 0 Å². The Hall–Kier alpha value is -2.13. The third-order valence-corrected chi connectivity index (χ3v) is 3.47. The minimum absolute atomic E-state index is 0.0134. The summed E-state index contributed by atoms with van der Waals surface area (Å²) in [4.78, 5) is 12.6. The van der Waals surface area contributed by atoms with Gasteiger partial charge in [0.2, 0.25) is 17.7 Å². The van der Waals surface area contributed by atoms with E-state index in [0.717, 1.165) is 5.56 Å². The molecule has 1 fully saturated rings. The minimum atomic E-state index is -0.921. The van der Waals surface area contributed by atoms with Crippen molar-refractivity contribution < 1.29 is 14.3 Å². The highest BCUT2D eigenvalue weighted by Crippen LogP contribution is 2.53. The molecule has 18 heavy (non-hydrogen) atoms. The van der Waals surface area contributed by atoms with Gasteiger partial charge < -0.3 is 9.47 Å². The quantitative estimate of drug-likeness (QED) is 0.716. The highest BCUT2D eigenvalue weighted by molar-refractivity contribution is 6.08. The van der Waals surface area contributed by atoms with Gasteiger partial charge in [-0.3, -0.25) is 4.79 Å². The van der Waals surface area contributed by atoms with E-state index in [1.165, 1.54) is 0 Å². The molecule has 2 aromatic carbocycles. The maximum absolute atomic E-state index is 12.6. The van der Waals surface area contributed by atoms with Crippen molar-refractivity contribution in [2.24, 2.45) is 0 Å². The highest BCUT2D eigenvalue weighted by atomic mass is 16.8. The van der Waals surface area contributed by atoms with Gasteiger partial charge in [-0.05, 0) is 17.7 Å². The number of ether oxygens (including phenoxy) is 2. The number of Topliss-reactive ketones (excluding diaryl/α,β-unsaturated/α-hetero) is 1. The van der Waals surface area contributed by atoms with E-state index in [9.17, 15) is 4.79 Å². The molecule has 0 aliphatic carbocycles. The Balaban J connectivity index is 1.87. The van der Waals surface area contributed by atoms with Gasteiger partial charge in [0.25, 0.3) is 0 Å². The second-order valence-corrected chi connectivity index (χ2v) is 4.49. The molecule has 0 radical (unpaired) electrons. The molecule has 2 aliphatic heterocycles. The monoisotopic (exact) mass is 238 g/mol. The van der Waals surface area contributed by atoms with E-state index in [-0.39, 0.29) is 5.78 Å². The highest BCUT2D eigenvalue weighted by Gasteiger charge is 2.68. The summed E-state index contributed by atoms with van der Waals surface area (Å²) in [6.45, 7) is 0. The largest absolute Gasteiger partial charge is 0.460 e. The van der Waals surface area contributed by atoms with Crippen molar-refractivity contribution in [3.8, 4) is 5.75 Å². The molecule has 0 aromatic heterocycles. The zero-order valence-electron chi connectivity index (χ0n) is 9.50. The lowest BCUT2D eigenvalue weighted by atomic mass is 9.88. The van der Waals surface area contributed by atoms with Gasteiger partial charge in [-0.25, -0.2) is 0 Å². The molecular weight excluding hydrogens is 228 g/mol. The number of benzene rings is 2. The number of carbonyl (C=O) groups excluding carboxylic acids is 1. The summed E-state index contributed by atoms with van der Waals surface area (Å²) in [6, 6.07) is 16.8. The summed E-state index contributed by atoms with van der Waals surface area (Å²) < 4.78 is 11.3. The topological polar surface area (TPSA) is 38.8 Å². The molecule has 3 heteroatoms. The lowest BCUT2D eigenvalue weighted by Gasteiger charge is -2.19. The Labute approximate surface area is 104 Å². The van der Waals surface area contributed by atoms with Gasteiger partial charge >= 0.3 is 0 Å². The van der Waals surface area contributed by atoms with E-state index >= 15 is 0 Å². The molecule has 88 valence electrons. The van der Waals surface area contributed by atoms with Crippen molar-refractivity contribution in [3.63, 3.8) is 0 Å². The first-order chi connectivity index (χ1) is 8.82. The molecule has 2 heterocycles. The number of fused-ring (bicyclic) bond motifs is 2. The SMILES string of the molecule is O=C1c2ccccc2OC2OC12c1ccccc1. The second kappa shape index (κ2) is 3.21. The number of ketones is 1. The van der Waals surface area contributed by atoms with Crippen LogP contribution in [0, 0.1) is 0 Å². The van der Waals surface area contributed by atoms with Crippen LogP contribution in [-0.4, -0.2) is 12.1 Å². The van der Waals surface area contributed by atoms with Crippen molar-refractivity contribution in [3.05, 3.63) is 65.7 Å². The number of carbonyl (C=O) groups is 1. The fourth-order valence-corrected chi connectivity index (χ4v) is 2.50. The maximum Gasteiger partial charge on any atom is 0.242 e.